The molecule has 142 valence electrons. The molecule has 0 aromatic carbocycles. The van der Waals surface area contributed by atoms with Crippen LogP contribution in [-0.2, 0) is 14.4 Å². The molecule has 8 nitrogen and oxygen atoms in total. The van der Waals surface area contributed by atoms with E-state index in [1.807, 2.05) is 6.92 Å². The van der Waals surface area contributed by atoms with Crippen molar-refractivity contribution >= 4 is 29.5 Å². The number of rotatable bonds is 5. The molecule has 4 N–H and O–H groups in total. The minimum atomic E-state index is -1.09. The van der Waals surface area contributed by atoms with Crippen molar-refractivity contribution in [2.24, 2.45) is 11.8 Å². The van der Waals surface area contributed by atoms with Gasteiger partial charge < -0.3 is 25.7 Å². The highest BCUT2D eigenvalue weighted by molar-refractivity contribution is 8.03. The number of hydrogen-bond acceptors (Lipinski definition) is 6. The van der Waals surface area contributed by atoms with E-state index in [0.717, 1.165) is 17.9 Å². The molecule has 9 heteroatoms. The van der Waals surface area contributed by atoms with E-state index >= 15 is 0 Å². The third-order valence-electron chi connectivity index (χ3n) is 5.97. The first-order chi connectivity index (χ1) is 12.3. The maximum atomic E-state index is 12.4. The van der Waals surface area contributed by atoms with Crippen molar-refractivity contribution in [3.63, 3.8) is 0 Å². The molecule has 0 radical (unpaired) electrons. The molecule has 26 heavy (non-hydrogen) atoms. The summed E-state index contributed by atoms with van der Waals surface area (Å²) in [6.07, 6.45) is 0.594. The molecule has 4 rings (SSSR count). The van der Waals surface area contributed by atoms with Crippen LogP contribution in [0.5, 0.6) is 0 Å². The third-order valence-corrected chi connectivity index (χ3v) is 7.48. The number of nitrogens with one attached hydrogen (secondary N) is 2. The number of hydrogen-bond donors (Lipinski definition) is 4. The number of carbonyl (C=O) groups is 3. The van der Waals surface area contributed by atoms with E-state index in [-0.39, 0.29) is 46.8 Å². The van der Waals surface area contributed by atoms with Crippen molar-refractivity contribution in [1.82, 2.24) is 15.5 Å². The first-order valence-corrected chi connectivity index (χ1v) is 9.85. The van der Waals surface area contributed by atoms with Gasteiger partial charge in [0.2, 0.25) is 11.8 Å². The van der Waals surface area contributed by atoms with Gasteiger partial charge in [-0.05, 0) is 13.3 Å². The largest absolute Gasteiger partial charge is 0.477 e. The van der Waals surface area contributed by atoms with Crippen LogP contribution in [0.15, 0.2) is 10.6 Å². The highest BCUT2D eigenvalue weighted by Gasteiger charge is 2.60. The zero-order valence-electron chi connectivity index (χ0n) is 14.6. The molecule has 0 spiro atoms. The molecule has 3 fully saturated rings. The van der Waals surface area contributed by atoms with Crippen LogP contribution in [0.1, 0.15) is 26.7 Å². The SMILES string of the molecule is C[C@@H](O)[C@H]1C(=O)N2C(C(=O)O)=C(S[C@@H]3CN[C@H](C4CC(=O)N4)C3)[C@H](C)[C@H]12. The van der Waals surface area contributed by atoms with E-state index in [0.29, 0.717) is 6.42 Å². The summed E-state index contributed by atoms with van der Waals surface area (Å²) in [4.78, 5) is 37.4. The average molecular weight is 381 g/mol. The molecule has 0 aromatic heterocycles. The van der Waals surface area contributed by atoms with Crippen molar-refractivity contribution in [3.8, 4) is 0 Å². The molecule has 1 unspecified atom stereocenters. The fraction of sp³-hybridized carbons (Fsp3) is 0.706. The summed E-state index contributed by atoms with van der Waals surface area (Å²) in [5.74, 6) is -1.96. The fourth-order valence-corrected chi connectivity index (χ4v) is 6.11. The van der Waals surface area contributed by atoms with E-state index in [1.165, 1.54) is 16.7 Å². The summed E-state index contributed by atoms with van der Waals surface area (Å²) in [5, 5.41) is 26.0. The topological polar surface area (TPSA) is 119 Å². The number of thioether (sulfide) groups is 1. The lowest BCUT2D eigenvalue weighted by Crippen LogP contribution is -2.63. The second kappa shape index (κ2) is 6.24. The Bertz CT molecular complexity index is 701. The number of aliphatic hydroxyl groups excluding tert-OH is 1. The quantitative estimate of drug-likeness (QED) is 0.474. The van der Waals surface area contributed by atoms with Gasteiger partial charge in [-0.3, -0.25) is 9.59 Å². The first-order valence-electron chi connectivity index (χ1n) is 8.97. The van der Waals surface area contributed by atoms with Crippen molar-refractivity contribution in [3.05, 3.63) is 10.6 Å². The Hall–Kier alpha value is -1.58. The van der Waals surface area contributed by atoms with Crippen molar-refractivity contribution in [2.75, 3.05) is 6.54 Å². The molecule has 4 aliphatic heterocycles. The van der Waals surface area contributed by atoms with Gasteiger partial charge in [0.15, 0.2) is 0 Å². The lowest BCUT2D eigenvalue weighted by Gasteiger charge is -2.46. The fourth-order valence-electron chi connectivity index (χ4n) is 4.62. The normalized spacial score (nSPS) is 40.0. The lowest BCUT2D eigenvalue weighted by molar-refractivity contribution is -0.163. The molecule has 0 saturated carbocycles. The maximum absolute atomic E-state index is 12.4. The minimum absolute atomic E-state index is 0.0697. The van der Waals surface area contributed by atoms with Crippen LogP contribution in [0.2, 0.25) is 0 Å². The Kier molecular flexibility index (Phi) is 4.28. The smallest absolute Gasteiger partial charge is 0.353 e. The molecule has 3 saturated heterocycles. The van der Waals surface area contributed by atoms with E-state index in [1.54, 1.807) is 6.92 Å². The van der Waals surface area contributed by atoms with E-state index in [9.17, 15) is 24.6 Å². The number of carboxylic acids is 1. The summed E-state index contributed by atoms with van der Waals surface area (Å²) < 4.78 is 0. The second-order valence-corrected chi connectivity index (χ2v) is 8.98. The minimum Gasteiger partial charge on any atom is -0.477 e. The van der Waals surface area contributed by atoms with Gasteiger partial charge in [0.05, 0.1) is 24.1 Å². The summed E-state index contributed by atoms with van der Waals surface area (Å²) in [6, 6.07) is 0.0926. The monoisotopic (exact) mass is 381 g/mol. The third kappa shape index (κ3) is 2.56. The number of amides is 2. The lowest BCUT2D eigenvalue weighted by atomic mass is 9.79. The molecule has 4 heterocycles. The van der Waals surface area contributed by atoms with Gasteiger partial charge in [-0.15, -0.1) is 11.8 Å². The standard InChI is InChI=1S/C17H23N3O5S/c1-6-13-12(7(2)21)16(23)20(13)14(17(24)25)15(6)26-8-3-9(18-5-8)10-4-11(22)19-10/h6-10,12-13,18,21H,3-5H2,1-2H3,(H,19,22)(H,24,25)/t6-,7-,8+,9+,10?,12-,13-/m1/s1. The Labute approximate surface area is 155 Å². The van der Waals surface area contributed by atoms with Crippen LogP contribution < -0.4 is 10.6 Å². The molecule has 2 amide bonds. The molecule has 0 aliphatic carbocycles. The van der Waals surface area contributed by atoms with Crippen LogP contribution in [0.3, 0.4) is 0 Å². The number of aliphatic hydroxyl groups is 1. The Morgan fingerprint density at radius 1 is 1.35 bits per heavy atom. The first kappa shape index (κ1) is 17.8. The van der Waals surface area contributed by atoms with Crippen LogP contribution >= 0.6 is 11.8 Å². The van der Waals surface area contributed by atoms with Crippen LogP contribution in [-0.4, -0.2) is 68.9 Å². The van der Waals surface area contributed by atoms with Crippen LogP contribution in [0, 0.1) is 11.8 Å². The van der Waals surface area contributed by atoms with Gasteiger partial charge in [-0.25, -0.2) is 4.79 Å². The predicted molar refractivity (Wildman–Crippen MR) is 94.0 cm³/mol. The van der Waals surface area contributed by atoms with Crippen molar-refractivity contribution in [2.45, 2.75) is 56.2 Å². The van der Waals surface area contributed by atoms with Gasteiger partial charge in [0.25, 0.3) is 0 Å². The van der Waals surface area contributed by atoms with Crippen LogP contribution in [0.4, 0.5) is 0 Å². The summed E-state index contributed by atoms with van der Waals surface area (Å²) >= 11 is 1.53. The average Bonchev–Trinajstić information content (AvgIpc) is 3.07. The highest BCUT2D eigenvalue weighted by Crippen LogP contribution is 2.51. The maximum Gasteiger partial charge on any atom is 0.353 e. The number of fused-ring (bicyclic) bond motifs is 1. The summed E-state index contributed by atoms with van der Waals surface area (Å²) in [7, 11) is 0. The molecular weight excluding hydrogens is 358 g/mol. The Morgan fingerprint density at radius 2 is 2.04 bits per heavy atom. The van der Waals surface area contributed by atoms with Gasteiger partial charge >= 0.3 is 5.97 Å². The molecule has 7 atom stereocenters. The van der Waals surface area contributed by atoms with E-state index in [2.05, 4.69) is 10.6 Å². The number of carboxylic acid groups (broad SMARTS) is 1. The highest BCUT2D eigenvalue weighted by atomic mass is 32.2. The second-order valence-electron chi connectivity index (χ2n) is 7.64. The van der Waals surface area contributed by atoms with Gasteiger partial charge in [-0.1, -0.05) is 6.92 Å². The summed E-state index contributed by atoms with van der Waals surface area (Å²) in [5.41, 5.74) is 0.0785. The summed E-state index contributed by atoms with van der Waals surface area (Å²) in [6.45, 7) is 4.25. The molecule has 0 bridgehead atoms. The van der Waals surface area contributed by atoms with Crippen molar-refractivity contribution < 1.29 is 24.6 Å². The van der Waals surface area contributed by atoms with Crippen LogP contribution in [0.25, 0.3) is 0 Å². The number of carbonyl (C=O) groups excluding carboxylic acids is 2. The zero-order valence-corrected chi connectivity index (χ0v) is 15.5. The van der Waals surface area contributed by atoms with E-state index in [4.69, 9.17) is 0 Å². The number of aliphatic carboxylic acids is 1. The predicted octanol–water partition coefficient (Wildman–Crippen LogP) is -0.508. The number of nitrogens with zero attached hydrogens (tertiary/aromatic N) is 1. The number of β-lactam (4-membered cyclic amide) rings is 2. The Morgan fingerprint density at radius 3 is 2.62 bits per heavy atom. The van der Waals surface area contributed by atoms with E-state index < -0.39 is 18.0 Å². The molecule has 4 aliphatic rings. The van der Waals surface area contributed by atoms with Gasteiger partial charge in [0, 0.05) is 35.1 Å². The van der Waals surface area contributed by atoms with Crippen molar-refractivity contribution in [1.29, 1.82) is 0 Å². The molecule has 0 aromatic rings. The van der Waals surface area contributed by atoms with Gasteiger partial charge in [0.1, 0.15) is 5.70 Å². The van der Waals surface area contributed by atoms with Gasteiger partial charge in [-0.2, -0.15) is 0 Å². The Balaban J connectivity index is 1.49. The zero-order chi connectivity index (χ0) is 18.7. The molecular formula is C17H23N3O5S.